The Balaban J connectivity index is 2.49. The molecule has 2 amide bonds. The summed E-state index contributed by atoms with van der Waals surface area (Å²) >= 11 is 0. The normalized spacial score (nSPS) is 12.0. The summed E-state index contributed by atoms with van der Waals surface area (Å²) in [6.07, 6.45) is -0.502. The molecular formula is C16H28N4O3. The van der Waals surface area contributed by atoms with E-state index in [1.165, 1.54) is 0 Å². The number of hydrogen-bond acceptors (Lipinski definition) is 4. The average Bonchev–Trinajstić information content (AvgIpc) is 2.62. The van der Waals surface area contributed by atoms with E-state index >= 15 is 0 Å². The molecule has 0 saturated heterocycles. The number of nitrogens with zero attached hydrogens (tertiary/aromatic N) is 2. The van der Waals surface area contributed by atoms with Gasteiger partial charge in [0.15, 0.2) is 0 Å². The summed E-state index contributed by atoms with van der Waals surface area (Å²) in [5, 5.41) is 9.82. The van der Waals surface area contributed by atoms with E-state index in [1.54, 1.807) is 25.5 Å². The molecule has 2 N–H and O–H groups in total. The lowest BCUT2D eigenvalue weighted by Gasteiger charge is -2.28. The Morgan fingerprint density at radius 3 is 2.30 bits per heavy atom. The van der Waals surface area contributed by atoms with Crippen LogP contribution in [0.2, 0.25) is 0 Å². The van der Waals surface area contributed by atoms with Gasteiger partial charge < -0.3 is 15.4 Å². The number of carbonyl (C=O) groups is 2. The van der Waals surface area contributed by atoms with Gasteiger partial charge in [-0.2, -0.15) is 5.10 Å². The molecule has 1 aromatic rings. The molecule has 0 aliphatic rings. The molecule has 0 bridgehead atoms. The van der Waals surface area contributed by atoms with Gasteiger partial charge in [-0.15, -0.1) is 0 Å². The Bertz CT molecular complexity index is 570. The van der Waals surface area contributed by atoms with Crippen LogP contribution in [-0.2, 0) is 16.1 Å². The zero-order valence-corrected chi connectivity index (χ0v) is 15.1. The van der Waals surface area contributed by atoms with E-state index in [4.69, 9.17) is 4.74 Å². The van der Waals surface area contributed by atoms with Crippen molar-refractivity contribution in [3.8, 4) is 0 Å². The zero-order chi connectivity index (χ0) is 17.8. The lowest BCUT2D eigenvalue weighted by Crippen LogP contribution is -2.52. The van der Waals surface area contributed by atoms with Crippen LogP contribution in [0.15, 0.2) is 6.07 Å². The first-order valence-electron chi connectivity index (χ1n) is 7.67. The van der Waals surface area contributed by atoms with Gasteiger partial charge in [0.05, 0.1) is 11.2 Å². The zero-order valence-electron chi connectivity index (χ0n) is 15.1. The van der Waals surface area contributed by atoms with E-state index in [-0.39, 0.29) is 19.0 Å². The van der Waals surface area contributed by atoms with E-state index in [0.717, 1.165) is 11.4 Å². The van der Waals surface area contributed by atoms with Crippen molar-refractivity contribution >= 4 is 12.0 Å². The number of rotatable bonds is 5. The Labute approximate surface area is 137 Å². The van der Waals surface area contributed by atoms with Gasteiger partial charge >= 0.3 is 6.09 Å². The molecule has 7 nitrogen and oxygen atoms in total. The van der Waals surface area contributed by atoms with E-state index in [9.17, 15) is 9.59 Å². The fourth-order valence-electron chi connectivity index (χ4n) is 2.04. The smallest absolute Gasteiger partial charge is 0.407 e. The molecule has 0 aromatic carbocycles. The van der Waals surface area contributed by atoms with Crippen LogP contribution in [0.5, 0.6) is 0 Å². The quantitative estimate of drug-likeness (QED) is 0.866. The highest BCUT2D eigenvalue weighted by Gasteiger charge is 2.23. The Kier molecular flexibility index (Phi) is 5.80. The maximum atomic E-state index is 12.1. The van der Waals surface area contributed by atoms with Gasteiger partial charge in [-0.05, 0) is 54.5 Å². The fraction of sp³-hybridized carbons (Fsp3) is 0.688. The van der Waals surface area contributed by atoms with Crippen LogP contribution in [0.1, 0.15) is 46.0 Å². The molecule has 0 aliphatic heterocycles. The van der Waals surface area contributed by atoms with Crippen molar-refractivity contribution in [2.45, 2.75) is 66.2 Å². The van der Waals surface area contributed by atoms with Gasteiger partial charge in [-0.3, -0.25) is 9.48 Å². The molecule has 23 heavy (non-hydrogen) atoms. The third-order valence-electron chi connectivity index (χ3n) is 2.95. The molecule has 0 fully saturated rings. The van der Waals surface area contributed by atoms with Crippen LogP contribution in [0.4, 0.5) is 4.79 Å². The molecule has 1 heterocycles. The molecule has 0 unspecified atom stereocenters. The molecule has 0 spiro atoms. The van der Waals surface area contributed by atoms with Crippen molar-refractivity contribution in [3.63, 3.8) is 0 Å². The van der Waals surface area contributed by atoms with Crippen LogP contribution < -0.4 is 10.6 Å². The highest BCUT2D eigenvalue weighted by molar-refractivity contribution is 5.76. The molecule has 1 aromatic heterocycles. The van der Waals surface area contributed by atoms with Gasteiger partial charge in [0.25, 0.3) is 0 Å². The van der Waals surface area contributed by atoms with Crippen molar-refractivity contribution < 1.29 is 14.3 Å². The molecule has 0 atom stereocenters. The van der Waals surface area contributed by atoms with Crippen LogP contribution in [0.3, 0.4) is 0 Å². The SMILES string of the molecule is Cc1cc(C)n(CC(=O)NC(C)(C)CNC(=O)OC(C)(C)C)n1. The van der Waals surface area contributed by atoms with E-state index in [1.807, 2.05) is 33.8 Å². The molecule has 1 rings (SSSR count). The van der Waals surface area contributed by atoms with Crippen LogP contribution >= 0.6 is 0 Å². The molecule has 130 valence electrons. The van der Waals surface area contributed by atoms with Gasteiger partial charge in [-0.1, -0.05) is 0 Å². The molecular weight excluding hydrogens is 296 g/mol. The van der Waals surface area contributed by atoms with E-state index < -0.39 is 17.2 Å². The highest BCUT2D eigenvalue weighted by Crippen LogP contribution is 2.08. The lowest BCUT2D eigenvalue weighted by molar-refractivity contribution is -0.123. The second kappa shape index (κ2) is 7.02. The molecule has 0 aliphatic carbocycles. The maximum Gasteiger partial charge on any atom is 0.407 e. The monoisotopic (exact) mass is 324 g/mol. The topological polar surface area (TPSA) is 85.2 Å². The molecule has 0 saturated carbocycles. The van der Waals surface area contributed by atoms with Crippen molar-refractivity contribution in [3.05, 3.63) is 17.5 Å². The van der Waals surface area contributed by atoms with Crippen LogP contribution in [-0.4, -0.2) is 39.5 Å². The summed E-state index contributed by atoms with van der Waals surface area (Å²) < 4.78 is 6.83. The Morgan fingerprint density at radius 1 is 1.22 bits per heavy atom. The first-order valence-corrected chi connectivity index (χ1v) is 7.67. The second-order valence-corrected chi connectivity index (χ2v) is 7.37. The number of carbonyl (C=O) groups excluding carboxylic acids is 2. The summed E-state index contributed by atoms with van der Waals surface area (Å²) in [6, 6.07) is 1.92. The number of ether oxygens (including phenoxy) is 1. The minimum atomic E-state index is -0.593. The summed E-state index contributed by atoms with van der Waals surface area (Å²) in [5.41, 5.74) is 0.667. The standard InChI is InChI=1S/C16H28N4O3/c1-11-8-12(2)20(19-11)9-13(21)18-16(6,7)10-17-14(22)23-15(3,4)5/h8H,9-10H2,1-7H3,(H,17,22)(H,18,21). The fourth-order valence-corrected chi connectivity index (χ4v) is 2.04. The third-order valence-corrected chi connectivity index (χ3v) is 2.95. The highest BCUT2D eigenvalue weighted by atomic mass is 16.6. The summed E-state index contributed by atoms with van der Waals surface area (Å²) in [4.78, 5) is 23.8. The largest absolute Gasteiger partial charge is 0.444 e. The minimum absolute atomic E-state index is 0.148. The summed E-state index contributed by atoms with van der Waals surface area (Å²) in [7, 11) is 0. The third kappa shape index (κ3) is 7.17. The predicted molar refractivity (Wildman–Crippen MR) is 88.2 cm³/mol. The van der Waals surface area contributed by atoms with Crippen LogP contribution in [0.25, 0.3) is 0 Å². The van der Waals surface area contributed by atoms with E-state index in [0.29, 0.717) is 0 Å². The van der Waals surface area contributed by atoms with Crippen LogP contribution in [0, 0.1) is 13.8 Å². The average molecular weight is 324 g/mol. The maximum absolute atomic E-state index is 12.1. The first-order chi connectivity index (χ1) is 10.4. The number of aromatic nitrogens is 2. The van der Waals surface area contributed by atoms with Crippen molar-refractivity contribution in [2.75, 3.05) is 6.54 Å². The van der Waals surface area contributed by atoms with E-state index in [2.05, 4.69) is 15.7 Å². The van der Waals surface area contributed by atoms with Gasteiger partial charge in [0, 0.05) is 12.2 Å². The minimum Gasteiger partial charge on any atom is -0.444 e. The van der Waals surface area contributed by atoms with Gasteiger partial charge in [-0.25, -0.2) is 4.79 Å². The van der Waals surface area contributed by atoms with Crippen molar-refractivity contribution in [2.24, 2.45) is 0 Å². The number of alkyl carbamates (subject to hydrolysis) is 1. The summed E-state index contributed by atoms with van der Waals surface area (Å²) in [6.45, 7) is 13.3. The van der Waals surface area contributed by atoms with Crippen molar-refractivity contribution in [1.29, 1.82) is 0 Å². The Morgan fingerprint density at radius 2 is 1.83 bits per heavy atom. The molecule has 0 radical (unpaired) electrons. The van der Waals surface area contributed by atoms with Crippen molar-refractivity contribution in [1.82, 2.24) is 20.4 Å². The number of amides is 2. The van der Waals surface area contributed by atoms with Gasteiger partial charge in [0.1, 0.15) is 12.1 Å². The molecule has 7 heteroatoms. The number of aryl methyl sites for hydroxylation is 2. The Hall–Kier alpha value is -2.05. The summed E-state index contributed by atoms with van der Waals surface area (Å²) in [5.74, 6) is -0.160. The number of nitrogens with one attached hydrogen (secondary N) is 2. The second-order valence-electron chi connectivity index (χ2n) is 7.37. The predicted octanol–water partition coefficient (Wildman–Crippen LogP) is 1.92. The van der Waals surface area contributed by atoms with Gasteiger partial charge in [0.2, 0.25) is 5.91 Å². The number of hydrogen-bond donors (Lipinski definition) is 2. The lowest BCUT2D eigenvalue weighted by atomic mass is 10.1. The first kappa shape index (κ1) is 19.0.